The highest BCUT2D eigenvalue weighted by Gasteiger charge is 2.14. The van der Waals surface area contributed by atoms with Crippen LogP contribution in [0.1, 0.15) is 15.9 Å². The maximum absolute atomic E-state index is 12.4. The summed E-state index contributed by atoms with van der Waals surface area (Å²) < 4.78 is 42.2. The Morgan fingerprint density at radius 1 is 0.677 bits per heavy atom. The molecule has 0 heterocycles. The molecule has 9 heteroatoms. The molecule has 9 nitrogen and oxygen atoms in total. The second kappa shape index (κ2) is 19.0. The zero-order valence-corrected chi connectivity index (χ0v) is 18.9. The summed E-state index contributed by atoms with van der Waals surface area (Å²) in [6.45, 7) is 7.07. The van der Waals surface area contributed by atoms with Gasteiger partial charge in [-0.05, 0) is 19.1 Å². The highest BCUT2D eigenvalue weighted by Crippen LogP contribution is 2.21. The number of aryl methyl sites for hydroxylation is 1. The number of carbonyl (C=O) groups is 1. The monoisotopic (exact) mass is 444 g/mol. The first-order valence-corrected chi connectivity index (χ1v) is 10.4. The van der Waals surface area contributed by atoms with Crippen LogP contribution in [-0.4, -0.2) is 99.5 Å². The first-order chi connectivity index (χ1) is 15.2. The van der Waals surface area contributed by atoms with Crippen molar-refractivity contribution in [3.63, 3.8) is 0 Å². The second-order valence-corrected chi connectivity index (χ2v) is 6.42. The zero-order chi connectivity index (χ0) is 22.6. The van der Waals surface area contributed by atoms with Gasteiger partial charge in [-0.25, -0.2) is 4.79 Å². The van der Waals surface area contributed by atoms with E-state index >= 15 is 0 Å². The predicted octanol–water partition coefficient (Wildman–Crippen LogP) is 1.89. The third-order valence-corrected chi connectivity index (χ3v) is 3.91. The van der Waals surface area contributed by atoms with Crippen molar-refractivity contribution in [2.45, 2.75) is 6.92 Å². The molecule has 0 radical (unpaired) electrons. The van der Waals surface area contributed by atoms with Gasteiger partial charge in [0.1, 0.15) is 24.5 Å². The summed E-state index contributed by atoms with van der Waals surface area (Å²) in [5.41, 5.74) is 1.32. The minimum Gasteiger partial charge on any atom is -0.490 e. The molecule has 0 aliphatic heterocycles. The first kappa shape index (κ1) is 27.3. The van der Waals surface area contributed by atoms with Gasteiger partial charge in [-0.2, -0.15) is 0 Å². The van der Waals surface area contributed by atoms with E-state index in [1.165, 1.54) is 0 Å². The van der Waals surface area contributed by atoms with Gasteiger partial charge in [-0.15, -0.1) is 0 Å². The molecule has 1 rings (SSSR count). The van der Waals surface area contributed by atoms with Gasteiger partial charge in [0.25, 0.3) is 0 Å². The molecular formula is C22H36O9. The van der Waals surface area contributed by atoms with E-state index in [9.17, 15) is 4.79 Å². The summed E-state index contributed by atoms with van der Waals surface area (Å²) in [6.07, 6.45) is 0. The summed E-state index contributed by atoms with van der Waals surface area (Å²) in [5.74, 6) is 0.00844. The molecule has 0 aliphatic rings. The minimum absolute atomic E-state index is 0.149. The van der Waals surface area contributed by atoms with Gasteiger partial charge < -0.3 is 37.9 Å². The average Bonchev–Trinajstić information content (AvgIpc) is 2.77. The fourth-order valence-corrected chi connectivity index (χ4v) is 2.34. The molecule has 31 heavy (non-hydrogen) atoms. The van der Waals surface area contributed by atoms with Crippen molar-refractivity contribution in [3.05, 3.63) is 29.3 Å². The lowest BCUT2D eigenvalue weighted by molar-refractivity contribution is 0.00540. The van der Waals surface area contributed by atoms with E-state index in [-0.39, 0.29) is 6.61 Å². The number of hydrogen-bond acceptors (Lipinski definition) is 9. The van der Waals surface area contributed by atoms with Crippen LogP contribution in [0.3, 0.4) is 0 Å². The van der Waals surface area contributed by atoms with Crippen molar-refractivity contribution >= 4 is 5.97 Å². The maximum atomic E-state index is 12.4. The van der Waals surface area contributed by atoms with Gasteiger partial charge in [0, 0.05) is 14.2 Å². The number of esters is 1. The van der Waals surface area contributed by atoms with Gasteiger partial charge in [-0.3, -0.25) is 0 Å². The van der Waals surface area contributed by atoms with Gasteiger partial charge in [0.05, 0.1) is 66.1 Å². The van der Waals surface area contributed by atoms with E-state index in [0.717, 1.165) is 5.56 Å². The van der Waals surface area contributed by atoms with Gasteiger partial charge in [0.2, 0.25) is 0 Å². The Bertz CT molecular complexity index is 580. The lowest BCUT2D eigenvalue weighted by Crippen LogP contribution is -2.16. The van der Waals surface area contributed by atoms with Crippen LogP contribution in [0.4, 0.5) is 0 Å². The Morgan fingerprint density at radius 2 is 1.16 bits per heavy atom. The molecule has 0 amide bonds. The molecule has 0 aliphatic carbocycles. The summed E-state index contributed by atoms with van der Waals surface area (Å²) in [5, 5.41) is 0. The number of methoxy groups -OCH3 is 2. The van der Waals surface area contributed by atoms with E-state index < -0.39 is 5.97 Å². The summed E-state index contributed by atoms with van der Waals surface area (Å²) in [7, 11) is 3.25. The number of carbonyl (C=O) groups excluding carboxylic acids is 1. The Hall–Kier alpha value is -1.75. The molecule has 0 N–H and O–H groups in total. The highest BCUT2D eigenvalue weighted by molar-refractivity contribution is 5.92. The number of ether oxygens (including phenoxy) is 8. The second-order valence-electron chi connectivity index (χ2n) is 6.42. The number of benzene rings is 1. The van der Waals surface area contributed by atoms with Crippen molar-refractivity contribution in [2.75, 3.05) is 93.5 Å². The normalized spacial score (nSPS) is 10.9. The van der Waals surface area contributed by atoms with E-state index in [1.807, 2.05) is 13.0 Å². The van der Waals surface area contributed by atoms with Crippen LogP contribution in [0.25, 0.3) is 0 Å². The van der Waals surface area contributed by atoms with E-state index in [4.69, 9.17) is 37.9 Å². The highest BCUT2D eigenvalue weighted by atomic mass is 16.6. The number of hydrogen-bond donors (Lipinski definition) is 0. The third-order valence-electron chi connectivity index (χ3n) is 3.91. The zero-order valence-electron chi connectivity index (χ0n) is 18.9. The molecule has 0 unspecified atom stereocenters. The first-order valence-electron chi connectivity index (χ1n) is 10.4. The summed E-state index contributed by atoms with van der Waals surface area (Å²) in [6, 6.07) is 5.38. The minimum atomic E-state index is -0.453. The van der Waals surface area contributed by atoms with E-state index in [2.05, 4.69) is 0 Å². The molecule has 178 valence electrons. The van der Waals surface area contributed by atoms with Crippen molar-refractivity contribution in [3.8, 4) is 5.75 Å². The molecule has 1 aromatic rings. The van der Waals surface area contributed by atoms with Gasteiger partial charge in [0.15, 0.2) is 0 Å². The van der Waals surface area contributed by atoms with E-state index in [1.54, 1.807) is 26.4 Å². The van der Waals surface area contributed by atoms with Crippen LogP contribution in [-0.2, 0) is 33.2 Å². The van der Waals surface area contributed by atoms with Crippen LogP contribution in [0, 0.1) is 6.92 Å². The fourth-order valence-electron chi connectivity index (χ4n) is 2.34. The maximum Gasteiger partial charge on any atom is 0.342 e. The van der Waals surface area contributed by atoms with Crippen molar-refractivity contribution in [1.29, 1.82) is 0 Å². The Morgan fingerprint density at radius 3 is 1.71 bits per heavy atom. The van der Waals surface area contributed by atoms with Crippen LogP contribution in [0.2, 0.25) is 0 Å². The topological polar surface area (TPSA) is 90.9 Å². The van der Waals surface area contributed by atoms with Crippen molar-refractivity contribution < 1.29 is 42.7 Å². The largest absolute Gasteiger partial charge is 0.490 e. The van der Waals surface area contributed by atoms with Crippen LogP contribution < -0.4 is 4.74 Å². The standard InChI is InChI=1S/C22H36O9/c1-19-4-5-21(30-16-14-28-12-10-26-8-6-24-2)20(18-19)22(23)31-17-15-29-13-11-27-9-7-25-3/h4-5,18H,6-17H2,1-3H3. The molecule has 0 fully saturated rings. The lowest BCUT2D eigenvalue weighted by Gasteiger charge is -2.13. The van der Waals surface area contributed by atoms with Crippen molar-refractivity contribution in [1.82, 2.24) is 0 Å². The Labute approximate surface area is 184 Å². The van der Waals surface area contributed by atoms with E-state index in [0.29, 0.717) is 84.0 Å². The third kappa shape index (κ3) is 14.0. The molecule has 0 atom stereocenters. The number of rotatable bonds is 20. The van der Waals surface area contributed by atoms with Gasteiger partial charge >= 0.3 is 5.97 Å². The van der Waals surface area contributed by atoms with Crippen LogP contribution in [0.15, 0.2) is 18.2 Å². The van der Waals surface area contributed by atoms with Crippen LogP contribution in [0.5, 0.6) is 5.75 Å². The lowest BCUT2D eigenvalue weighted by atomic mass is 10.1. The molecular weight excluding hydrogens is 408 g/mol. The Balaban J connectivity index is 2.24. The van der Waals surface area contributed by atoms with Gasteiger partial charge in [-0.1, -0.05) is 11.6 Å². The molecule has 0 saturated heterocycles. The summed E-state index contributed by atoms with van der Waals surface area (Å²) >= 11 is 0. The molecule has 0 saturated carbocycles. The summed E-state index contributed by atoms with van der Waals surface area (Å²) in [4.78, 5) is 12.4. The average molecular weight is 445 g/mol. The smallest absolute Gasteiger partial charge is 0.342 e. The molecule has 0 bridgehead atoms. The fraction of sp³-hybridized carbons (Fsp3) is 0.682. The quantitative estimate of drug-likeness (QED) is 0.221. The van der Waals surface area contributed by atoms with Crippen molar-refractivity contribution in [2.24, 2.45) is 0 Å². The molecule has 1 aromatic carbocycles. The van der Waals surface area contributed by atoms with Crippen LogP contribution >= 0.6 is 0 Å². The SMILES string of the molecule is COCCOCCOCCOC(=O)c1cc(C)ccc1OCCOCCOCCOC. The molecule has 0 aromatic heterocycles. The molecule has 0 spiro atoms. The Kier molecular flexibility index (Phi) is 16.7. The predicted molar refractivity (Wildman–Crippen MR) is 114 cm³/mol.